The van der Waals surface area contributed by atoms with Crippen LogP contribution in [0.5, 0.6) is 0 Å². The monoisotopic (exact) mass is 535 g/mol. The Morgan fingerprint density at radius 3 is 2.26 bits per heavy atom. The summed E-state index contributed by atoms with van der Waals surface area (Å²) in [6.07, 6.45) is 0.0504. The summed E-state index contributed by atoms with van der Waals surface area (Å²) in [6, 6.07) is -2.22. The molecule has 0 spiro atoms. The fraction of sp³-hybridized carbons (Fsp3) is 0.815. The molecular weight excluding hydrogens is 490 g/mol. The van der Waals surface area contributed by atoms with Crippen LogP contribution in [0.25, 0.3) is 0 Å². The first kappa shape index (κ1) is 29.7. The molecule has 3 fully saturated rings. The molecule has 3 aliphatic rings. The third-order valence-corrected chi connectivity index (χ3v) is 8.16. The molecule has 0 aromatic carbocycles. The van der Waals surface area contributed by atoms with Gasteiger partial charge in [-0.25, -0.2) is 4.79 Å². The van der Waals surface area contributed by atoms with E-state index in [2.05, 4.69) is 29.8 Å². The summed E-state index contributed by atoms with van der Waals surface area (Å²) in [5.41, 5.74) is 4.20. The average Bonchev–Trinajstić information content (AvgIpc) is 3.06. The quantitative estimate of drug-likeness (QED) is 0.366. The van der Waals surface area contributed by atoms with Gasteiger partial charge in [-0.05, 0) is 56.3 Å². The minimum absolute atomic E-state index is 0.000278. The van der Waals surface area contributed by atoms with Crippen LogP contribution in [-0.2, 0) is 23.9 Å². The summed E-state index contributed by atoms with van der Waals surface area (Å²) in [7, 11) is 0. The molecule has 38 heavy (non-hydrogen) atoms. The summed E-state index contributed by atoms with van der Waals surface area (Å²) in [4.78, 5) is 65.4. The number of nitrogens with zero attached hydrogens (tertiary/aromatic N) is 1. The molecule has 3 rings (SSSR count). The lowest BCUT2D eigenvalue weighted by molar-refractivity contribution is -0.139. The number of nitrogens with two attached hydrogens (primary N) is 1. The minimum atomic E-state index is -0.971. The van der Waals surface area contributed by atoms with Gasteiger partial charge in [0.05, 0.1) is 0 Å². The Morgan fingerprint density at radius 2 is 1.76 bits per heavy atom. The predicted octanol–water partition coefficient (Wildman–Crippen LogP) is 1.30. The van der Waals surface area contributed by atoms with Crippen LogP contribution in [0.15, 0.2) is 0 Å². The maximum atomic E-state index is 13.9. The van der Waals surface area contributed by atoms with Gasteiger partial charge in [-0.15, -0.1) is 0 Å². The van der Waals surface area contributed by atoms with Crippen molar-refractivity contribution in [1.29, 1.82) is 0 Å². The van der Waals surface area contributed by atoms with Gasteiger partial charge in [0.1, 0.15) is 17.7 Å². The molecule has 5 N–H and O–H groups in total. The standard InChI is InChI=1S/C27H45N5O6/c1-25(2,3)20(31-24(37)38-26(4,5)6)23(36)32-13-15-19(27(15,7)8)17(32)12-18(33)30-16(21(28)34)11-14-9-10-29-22(14)35/h14-17,19-20H,9-13H2,1-8H3,(H2,28,34)(H,29,35)(H,30,33)(H,31,37)/t14-,15-,16-,17+,19-,20+/m0/s1. The number of hydrogen-bond acceptors (Lipinski definition) is 6. The van der Waals surface area contributed by atoms with Crippen molar-refractivity contribution in [2.24, 2.45) is 34.3 Å². The lowest BCUT2D eigenvalue weighted by Crippen LogP contribution is -2.58. The van der Waals surface area contributed by atoms with E-state index in [1.54, 1.807) is 25.7 Å². The average molecular weight is 536 g/mol. The van der Waals surface area contributed by atoms with E-state index in [4.69, 9.17) is 10.5 Å². The topological polar surface area (TPSA) is 160 Å². The first-order valence-corrected chi connectivity index (χ1v) is 13.5. The van der Waals surface area contributed by atoms with E-state index in [0.29, 0.717) is 19.5 Å². The highest BCUT2D eigenvalue weighted by Gasteiger charge is 2.68. The van der Waals surface area contributed by atoms with Crippen LogP contribution in [0.2, 0.25) is 0 Å². The molecule has 5 amide bonds. The van der Waals surface area contributed by atoms with Gasteiger partial charge in [0, 0.05) is 31.5 Å². The molecule has 0 radical (unpaired) electrons. The Labute approximate surface area is 225 Å². The molecule has 2 aliphatic heterocycles. The van der Waals surface area contributed by atoms with Crippen molar-refractivity contribution >= 4 is 29.7 Å². The Hall–Kier alpha value is -2.85. The molecule has 214 valence electrons. The van der Waals surface area contributed by atoms with Gasteiger partial charge in [-0.1, -0.05) is 34.6 Å². The van der Waals surface area contributed by atoms with Crippen molar-refractivity contribution in [3.63, 3.8) is 0 Å². The highest BCUT2D eigenvalue weighted by molar-refractivity contribution is 5.90. The van der Waals surface area contributed by atoms with E-state index in [1.165, 1.54) is 0 Å². The highest BCUT2D eigenvalue weighted by atomic mass is 16.6. The Morgan fingerprint density at radius 1 is 1.13 bits per heavy atom. The van der Waals surface area contributed by atoms with Gasteiger partial charge >= 0.3 is 6.09 Å². The van der Waals surface area contributed by atoms with Gasteiger partial charge in [0.25, 0.3) is 0 Å². The van der Waals surface area contributed by atoms with Crippen molar-refractivity contribution in [2.75, 3.05) is 13.1 Å². The zero-order valence-electron chi connectivity index (χ0n) is 24.0. The van der Waals surface area contributed by atoms with Crippen molar-refractivity contribution in [3.8, 4) is 0 Å². The van der Waals surface area contributed by atoms with E-state index in [1.807, 2.05) is 20.8 Å². The third-order valence-electron chi connectivity index (χ3n) is 8.16. The van der Waals surface area contributed by atoms with Crippen molar-refractivity contribution in [1.82, 2.24) is 20.9 Å². The number of nitrogens with one attached hydrogen (secondary N) is 3. The lowest BCUT2D eigenvalue weighted by atomic mass is 9.85. The Kier molecular flexibility index (Phi) is 8.11. The van der Waals surface area contributed by atoms with E-state index >= 15 is 0 Å². The van der Waals surface area contributed by atoms with Gasteiger partial charge < -0.3 is 31.3 Å². The van der Waals surface area contributed by atoms with Crippen molar-refractivity contribution in [2.45, 2.75) is 98.4 Å². The van der Waals surface area contributed by atoms with E-state index in [9.17, 15) is 24.0 Å². The molecule has 6 atom stereocenters. The van der Waals surface area contributed by atoms with Crippen LogP contribution in [0, 0.1) is 28.6 Å². The molecule has 1 saturated carbocycles. The summed E-state index contributed by atoms with van der Waals surface area (Å²) in [5.74, 6) is -1.53. The molecule has 2 saturated heterocycles. The molecule has 2 heterocycles. The third kappa shape index (κ3) is 6.58. The van der Waals surface area contributed by atoms with E-state index in [-0.39, 0.29) is 47.8 Å². The van der Waals surface area contributed by atoms with Crippen molar-refractivity contribution in [3.05, 3.63) is 0 Å². The summed E-state index contributed by atoms with van der Waals surface area (Å²) in [6.45, 7) is 16.1. The number of amides is 5. The lowest BCUT2D eigenvalue weighted by Gasteiger charge is -2.38. The number of primary amides is 1. The zero-order chi connectivity index (χ0) is 28.8. The molecule has 0 aromatic heterocycles. The second-order valence-electron chi connectivity index (χ2n) is 13.7. The summed E-state index contributed by atoms with van der Waals surface area (Å²) in [5, 5.41) is 8.19. The van der Waals surface area contributed by atoms with Crippen LogP contribution in [0.4, 0.5) is 4.79 Å². The van der Waals surface area contributed by atoms with Crippen LogP contribution in [0.3, 0.4) is 0 Å². The number of carbonyl (C=O) groups excluding carboxylic acids is 5. The molecule has 11 nitrogen and oxygen atoms in total. The molecule has 0 aromatic rings. The fourth-order valence-electron chi connectivity index (χ4n) is 6.01. The number of alkyl carbamates (subject to hydrolysis) is 1. The highest BCUT2D eigenvalue weighted by Crippen LogP contribution is 2.65. The maximum absolute atomic E-state index is 13.9. The number of fused-ring (bicyclic) bond motifs is 1. The van der Waals surface area contributed by atoms with Crippen LogP contribution in [-0.4, -0.2) is 71.4 Å². The number of piperidine rings is 1. The largest absolute Gasteiger partial charge is 0.444 e. The first-order chi connectivity index (χ1) is 17.3. The molecular formula is C27H45N5O6. The van der Waals surface area contributed by atoms with Crippen LogP contribution >= 0.6 is 0 Å². The SMILES string of the molecule is CC(C)(C)OC(=O)N[C@H](C(=O)N1C[C@H]2[C@@H]([C@H]1CC(=O)N[C@@H](C[C@@H]1CCNC1=O)C(N)=O)C2(C)C)C(C)(C)C. The molecule has 0 bridgehead atoms. The second-order valence-corrected chi connectivity index (χ2v) is 13.7. The maximum Gasteiger partial charge on any atom is 0.408 e. The predicted molar refractivity (Wildman–Crippen MR) is 140 cm³/mol. The number of ether oxygens (including phenoxy) is 1. The number of carbonyl (C=O) groups is 5. The summed E-state index contributed by atoms with van der Waals surface area (Å²) < 4.78 is 5.40. The Balaban J connectivity index is 1.74. The van der Waals surface area contributed by atoms with E-state index < -0.39 is 47.0 Å². The smallest absolute Gasteiger partial charge is 0.408 e. The first-order valence-electron chi connectivity index (χ1n) is 13.5. The van der Waals surface area contributed by atoms with Gasteiger partial charge in [-0.3, -0.25) is 19.2 Å². The zero-order valence-corrected chi connectivity index (χ0v) is 24.0. The molecule has 0 unspecified atom stereocenters. The second kappa shape index (κ2) is 10.4. The number of hydrogen-bond donors (Lipinski definition) is 4. The van der Waals surface area contributed by atoms with Gasteiger partial charge in [0.2, 0.25) is 23.6 Å². The van der Waals surface area contributed by atoms with Gasteiger partial charge in [-0.2, -0.15) is 0 Å². The van der Waals surface area contributed by atoms with Crippen LogP contribution in [0.1, 0.15) is 74.7 Å². The minimum Gasteiger partial charge on any atom is -0.444 e. The normalized spacial score (nSPS) is 27.6. The van der Waals surface area contributed by atoms with Gasteiger partial charge in [0.15, 0.2) is 0 Å². The summed E-state index contributed by atoms with van der Waals surface area (Å²) >= 11 is 0. The van der Waals surface area contributed by atoms with Crippen molar-refractivity contribution < 1.29 is 28.7 Å². The van der Waals surface area contributed by atoms with E-state index in [0.717, 1.165) is 0 Å². The number of rotatable bonds is 8. The molecule has 1 aliphatic carbocycles. The fourth-order valence-corrected chi connectivity index (χ4v) is 6.01. The van der Waals surface area contributed by atoms with Crippen LogP contribution < -0.4 is 21.7 Å². The Bertz CT molecular complexity index is 981. The molecule has 11 heteroatoms. The number of likely N-dealkylation sites (tertiary alicyclic amines) is 1.